The van der Waals surface area contributed by atoms with Gasteiger partial charge >= 0.3 is 0 Å². The van der Waals surface area contributed by atoms with Crippen LogP contribution in [-0.2, 0) is 16.4 Å². The zero-order chi connectivity index (χ0) is 17.9. The largest absolute Gasteiger partial charge is 0.337 e. The van der Waals surface area contributed by atoms with Gasteiger partial charge in [-0.05, 0) is 50.0 Å². The molecule has 1 aromatic heterocycles. The third-order valence-electron chi connectivity index (χ3n) is 4.93. The number of hydrogen-bond donors (Lipinski definition) is 0. The maximum Gasteiger partial charge on any atom is 0.263 e. The van der Waals surface area contributed by atoms with Gasteiger partial charge in [-0.2, -0.15) is 0 Å². The van der Waals surface area contributed by atoms with Crippen LogP contribution >= 0.6 is 11.3 Å². The molecule has 8 heteroatoms. The number of sulfone groups is 1. The van der Waals surface area contributed by atoms with E-state index in [9.17, 15) is 13.2 Å². The number of carbonyl (C=O) groups is 1. The fourth-order valence-electron chi connectivity index (χ4n) is 3.38. The molecule has 0 spiro atoms. The van der Waals surface area contributed by atoms with E-state index in [2.05, 4.69) is 16.8 Å². The summed E-state index contributed by atoms with van der Waals surface area (Å²) in [5.41, 5.74) is 1.11. The Balaban J connectivity index is 1.59. The smallest absolute Gasteiger partial charge is 0.263 e. The summed E-state index contributed by atoms with van der Waals surface area (Å²) in [6.45, 7) is 5.68. The van der Waals surface area contributed by atoms with Crippen molar-refractivity contribution in [3.05, 3.63) is 21.9 Å². The highest BCUT2D eigenvalue weighted by molar-refractivity contribution is 7.91. The predicted octanol–water partition coefficient (Wildman–Crippen LogP) is 1.15. The SMILES string of the molecule is CN1CCCN(C(=O)c2cc(CN3CCCS(=O)(=O)CC3)cs2)CC1. The summed E-state index contributed by atoms with van der Waals surface area (Å²) in [5.74, 6) is 0.662. The highest BCUT2D eigenvalue weighted by atomic mass is 32.2. The number of nitrogens with zero attached hydrogens (tertiary/aromatic N) is 3. The summed E-state index contributed by atoms with van der Waals surface area (Å²) in [7, 11) is -0.783. The molecule has 6 nitrogen and oxygen atoms in total. The zero-order valence-corrected chi connectivity index (χ0v) is 16.4. The van der Waals surface area contributed by atoms with Crippen LogP contribution in [-0.4, -0.2) is 86.8 Å². The van der Waals surface area contributed by atoms with Crippen molar-refractivity contribution in [2.45, 2.75) is 19.4 Å². The molecule has 2 fully saturated rings. The van der Waals surface area contributed by atoms with Crippen molar-refractivity contribution in [2.75, 3.05) is 57.8 Å². The van der Waals surface area contributed by atoms with Crippen molar-refractivity contribution in [2.24, 2.45) is 0 Å². The molecule has 0 aromatic carbocycles. The summed E-state index contributed by atoms with van der Waals surface area (Å²) in [6, 6.07) is 1.99. The van der Waals surface area contributed by atoms with Gasteiger partial charge < -0.3 is 9.80 Å². The number of rotatable bonds is 3. The van der Waals surface area contributed by atoms with Crippen molar-refractivity contribution in [1.82, 2.24) is 14.7 Å². The van der Waals surface area contributed by atoms with E-state index in [4.69, 9.17) is 0 Å². The molecule has 25 heavy (non-hydrogen) atoms. The van der Waals surface area contributed by atoms with Crippen LogP contribution in [0.2, 0.25) is 0 Å². The maximum absolute atomic E-state index is 12.7. The fourth-order valence-corrected chi connectivity index (χ4v) is 5.56. The summed E-state index contributed by atoms with van der Waals surface area (Å²) >= 11 is 1.50. The van der Waals surface area contributed by atoms with E-state index in [1.807, 2.05) is 16.3 Å². The van der Waals surface area contributed by atoms with Gasteiger partial charge in [0, 0.05) is 32.7 Å². The van der Waals surface area contributed by atoms with Crippen molar-refractivity contribution in [3.8, 4) is 0 Å². The molecular formula is C17H27N3O3S2. The van der Waals surface area contributed by atoms with E-state index in [1.165, 1.54) is 11.3 Å². The lowest BCUT2D eigenvalue weighted by molar-refractivity contribution is 0.0767. The number of thiophene rings is 1. The molecule has 140 valence electrons. The van der Waals surface area contributed by atoms with E-state index in [0.717, 1.165) is 56.1 Å². The summed E-state index contributed by atoms with van der Waals surface area (Å²) in [6.07, 6.45) is 1.71. The zero-order valence-electron chi connectivity index (χ0n) is 14.8. The summed E-state index contributed by atoms with van der Waals surface area (Å²) in [4.78, 5) is 19.9. The van der Waals surface area contributed by atoms with Crippen LogP contribution in [0.4, 0.5) is 0 Å². The van der Waals surface area contributed by atoms with Crippen LogP contribution in [0.25, 0.3) is 0 Å². The molecule has 1 amide bonds. The van der Waals surface area contributed by atoms with Gasteiger partial charge in [-0.15, -0.1) is 11.3 Å². The monoisotopic (exact) mass is 385 g/mol. The molecule has 0 aliphatic carbocycles. The fraction of sp³-hybridized carbons (Fsp3) is 0.706. The van der Waals surface area contributed by atoms with E-state index < -0.39 is 9.84 Å². The second-order valence-corrected chi connectivity index (χ2v) is 10.3. The van der Waals surface area contributed by atoms with Gasteiger partial charge in [-0.3, -0.25) is 9.69 Å². The van der Waals surface area contributed by atoms with E-state index in [0.29, 0.717) is 18.7 Å². The lowest BCUT2D eigenvalue weighted by Gasteiger charge is -2.20. The standard InChI is InChI=1S/C17H27N3O3S2/c1-18-4-2-6-20(8-7-18)17(21)16-12-15(14-24-16)13-19-5-3-10-25(22,23)11-9-19/h12,14H,2-11,13H2,1H3. The van der Waals surface area contributed by atoms with Crippen molar-refractivity contribution in [1.29, 1.82) is 0 Å². The molecule has 0 bridgehead atoms. The molecule has 1 aromatic rings. The van der Waals surface area contributed by atoms with Gasteiger partial charge in [0.2, 0.25) is 0 Å². The summed E-state index contributed by atoms with van der Waals surface area (Å²) < 4.78 is 23.4. The number of likely N-dealkylation sites (N-methyl/N-ethyl adjacent to an activating group) is 1. The molecule has 0 N–H and O–H groups in total. The average molecular weight is 386 g/mol. The van der Waals surface area contributed by atoms with Gasteiger partial charge in [-0.1, -0.05) is 0 Å². The molecule has 3 rings (SSSR count). The van der Waals surface area contributed by atoms with Crippen LogP contribution in [0, 0.1) is 0 Å². The van der Waals surface area contributed by atoms with Gasteiger partial charge in [0.15, 0.2) is 9.84 Å². The van der Waals surface area contributed by atoms with Crippen LogP contribution in [0.15, 0.2) is 11.4 Å². The third kappa shape index (κ3) is 5.26. The normalized spacial score (nSPS) is 23.2. The van der Waals surface area contributed by atoms with Crippen LogP contribution < -0.4 is 0 Å². The molecular weight excluding hydrogens is 358 g/mol. The third-order valence-corrected chi connectivity index (χ3v) is 7.61. The van der Waals surface area contributed by atoms with Crippen molar-refractivity contribution in [3.63, 3.8) is 0 Å². The Morgan fingerprint density at radius 2 is 1.92 bits per heavy atom. The van der Waals surface area contributed by atoms with Crippen molar-refractivity contribution < 1.29 is 13.2 Å². The van der Waals surface area contributed by atoms with E-state index in [-0.39, 0.29) is 11.7 Å². The van der Waals surface area contributed by atoms with E-state index in [1.54, 1.807) is 0 Å². The highest BCUT2D eigenvalue weighted by Gasteiger charge is 2.22. The minimum absolute atomic E-state index is 0.130. The molecule has 2 aliphatic rings. The second-order valence-electron chi connectivity index (χ2n) is 7.05. The Bertz CT molecular complexity index is 702. The highest BCUT2D eigenvalue weighted by Crippen LogP contribution is 2.20. The number of carbonyl (C=O) groups excluding carboxylic acids is 1. The minimum Gasteiger partial charge on any atom is -0.337 e. The number of hydrogen-bond acceptors (Lipinski definition) is 6. The van der Waals surface area contributed by atoms with Crippen molar-refractivity contribution >= 4 is 27.1 Å². The Labute approximate surface area is 154 Å². The molecule has 0 radical (unpaired) electrons. The maximum atomic E-state index is 12.7. The van der Waals surface area contributed by atoms with Gasteiger partial charge in [0.25, 0.3) is 5.91 Å². The van der Waals surface area contributed by atoms with Crippen LogP contribution in [0.3, 0.4) is 0 Å². The first-order chi connectivity index (χ1) is 11.9. The molecule has 2 saturated heterocycles. The molecule has 3 heterocycles. The van der Waals surface area contributed by atoms with Crippen LogP contribution in [0.1, 0.15) is 28.1 Å². The molecule has 0 unspecified atom stereocenters. The molecule has 0 saturated carbocycles. The first-order valence-corrected chi connectivity index (χ1v) is 11.6. The minimum atomic E-state index is -2.88. The van der Waals surface area contributed by atoms with Gasteiger partial charge in [0.05, 0.1) is 16.4 Å². The molecule has 2 aliphatic heterocycles. The Morgan fingerprint density at radius 3 is 2.76 bits per heavy atom. The quantitative estimate of drug-likeness (QED) is 0.781. The Hall–Kier alpha value is -0.960. The lowest BCUT2D eigenvalue weighted by atomic mass is 10.2. The van der Waals surface area contributed by atoms with E-state index >= 15 is 0 Å². The number of amides is 1. The Kier molecular flexibility index (Phi) is 6.14. The van der Waals surface area contributed by atoms with Crippen LogP contribution in [0.5, 0.6) is 0 Å². The topological polar surface area (TPSA) is 60.9 Å². The summed E-state index contributed by atoms with van der Waals surface area (Å²) in [5, 5.41) is 2.04. The average Bonchev–Trinajstić information content (AvgIpc) is 2.82. The van der Waals surface area contributed by atoms with Gasteiger partial charge in [-0.25, -0.2) is 8.42 Å². The lowest BCUT2D eigenvalue weighted by Crippen LogP contribution is -2.34. The predicted molar refractivity (Wildman–Crippen MR) is 101 cm³/mol. The Morgan fingerprint density at radius 1 is 1.08 bits per heavy atom. The molecule has 0 atom stereocenters. The second kappa shape index (κ2) is 8.16. The first kappa shape index (κ1) is 18.8. The van der Waals surface area contributed by atoms with Gasteiger partial charge in [0.1, 0.15) is 0 Å². The first-order valence-electron chi connectivity index (χ1n) is 8.91.